The monoisotopic (exact) mass is 501 g/mol. The highest BCUT2D eigenvalue weighted by Gasteiger charge is 2.18. The molecule has 1 aromatic heterocycles. The van der Waals surface area contributed by atoms with E-state index in [4.69, 9.17) is 0 Å². The predicted octanol–water partition coefficient (Wildman–Crippen LogP) is 4.16. The van der Waals surface area contributed by atoms with E-state index in [2.05, 4.69) is 37.4 Å². The second-order valence-electron chi connectivity index (χ2n) is 8.80. The van der Waals surface area contributed by atoms with Crippen LogP contribution in [-0.2, 0) is 9.59 Å². The lowest BCUT2D eigenvalue weighted by molar-refractivity contribution is -0.128. The summed E-state index contributed by atoms with van der Waals surface area (Å²) in [5, 5.41) is 19.8. The number of hydrogen-bond donors (Lipinski definition) is 4. The molecule has 3 aromatic rings. The summed E-state index contributed by atoms with van der Waals surface area (Å²) < 4.78 is 0. The van der Waals surface area contributed by atoms with E-state index >= 15 is 0 Å². The molecule has 192 valence electrons. The Hall–Kier alpha value is -4.60. The molecule has 2 amide bonds. The van der Waals surface area contributed by atoms with Crippen LogP contribution in [0.1, 0.15) is 18.9 Å². The Balaban J connectivity index is 1.46. The Kier molecular flexibility index (Phi) is 7.87. The maximum Gasteiger partial charge on any atom is 0.247 e. The van der Waals surface area contributed by atoms with Gasteiger partial charge in [0.1, 0.15) is 11.6 Å². The van der Waals surface area contributed by atoms with Crippen molar-refractivity contribution in [2.45, 2.75) is 20.3 Å². The van der Waals surface area contributed by atoms with Gasteiger partial charge in [-0.2, -0.15) is 4.98 Å². The number of amides is 2. The van der Waals surface area contributed by atoms with Crippen molar-refractivity contribution in [3.63, 3.8) is 0 Å². The van der Waals surface area contributed by atoms with Crippen LogP contribution in [0.2, 0.25) is 0 Å². The summed E-state index contributed by atoms with van der Waals surface area (Å²) in [7, 11) is 0. The van der Waals surface area contributed by atoms with Crippen molar-refractivity contribution in [1.82, 2.24) is 14.9 Å². The highest BCUT2D eigenvalue weighted by atomic mass is 16.3. The Bertz CT molecular complexity index is 1310. The zero-order chi connectivity index (χ0) is 26.4. The molecule has 0 spiro atoms. The van der Waals surface area contributed by atoms with Crippen molar-refractivity contribution < 1.29 is 14.7 Å². The normalized spacial score (nSPS) is 13.5. The van der Waals surface area contributed by atoms with Crippen LogP contribution in [0, 0.1) is 6.92 Å². The van der Waals surface area contributed by atoms with Gasteiger partial charge in [-0.25, -0.2) is 4.98 Å². The lowest BCUT2D eigenvalue weighted by Crippen LogP contribution is -2.33. The van der Waals surface area contributed by atoms with Crippen molar-refractivity contribution in [2.75, 3.05) is 47.0 Å². The molecule has 0 saturated carbocycles. The number of aromatic nitrogens is 2. The Labute approximate surface area is 216 Å². The number of anilines is 6. The van der Waals surface area contributed by atoms with E-state index in [0.29, 0.717) is 36.2 Å². The number of aryl methyl sites for hydroxylation is 1. The molecule has 4 N–H and O–H groups in total. The van der Waals surface area contributed by atoms with Gasteiger partial charge in [0.2, 0.25) is 17.8 Å². The number of hydrogen-bond acceptors (Lipinski definition) is 8. The fourth-order valence-corrected chi connectivity index (χ4v) is 4.07. The molecule has 0 aliphatic carbocycles. The smallest absolute Gasteiger partial charge is 0.247 e. The van der Waals surface area contributed by atoms with Gasteiger partial charge in [0, 0.05) is 68.0 Å². The summed E-state index contributed by atoms with van der Waals surface area (Å²) in [4.78, 5) is 36.2. The average molecular weight is 502 g/mol. The molecule has 37 heavy (non-hydrogen) atoms. The number of aromatic hydroxyl groups is 1. The Morgan fingerprint density at radius 2 is 1.86 bits per heavy atom. The lowest BCUT2D eigenvalue weighted by atomic mass is 10.2. The van der Waals surface area contributed by atoms with Crippen LogP contribution in [-0.4, -0.2) is 58.0 Å². The first-order valence-corrected chi connectivity index (χ1v) is 12.1. The van der Waals surface area contributed by atoms with Gasteiger partial charge in [-0.1, -0.05) is 12.6 Å². The molecule has 10 nitrogen and oxygen atoms in total. The molecule has 2 heterocycles. The number of rotatable bonds is 7. The Morgan fingerprint density at radius 1 is 1.05 bits per heavy atom. The molecule has 4 rings (SSSR count). The summed E-state index contributed by atoms with van der Waals surface area (Å²) in [6.07, 6.45) is 3.77. The van der Waals surface area contributed by atoms with Crippen LogP contribution in [0.15, 0.2) is 61.3 Å². The van der Waals surface area contributed by atoms with Gasteiger partial charge < -0.3 is 30.9 Å². The van der Waals surface area contributed by atoms with Crippen LogP contribution >= 0.6 is 0 Å². The number of carbonyl (C=O) groups is 2. The molecule has 0 unspecified atom stereocenters. The van der Waals surface area contributed by atoms with Crippen LogP contribution < -0.4 is 20.9 Å². The molecule has 0 atom stereocenters. The van der Waals surface area contributed by atoms with Gasteiger partial charge in [-0.3, -0.25) is 9.59 Å². The number of benzene rings is 2. The summed E-state index contributed by atoms with van der Waals surface area (Å²) in [6.45, 7) is 9.86. The fraction of sp³-hybridized carbons (Fsp3) is 0.259. The van der Waals surface area contributed by atoms with Crippen molar-refractivity contribution in [2.24, 2.45) is 0 Å². The number of phenols is 1. The third-order valence-electron chi connectivity index (χ3n) is 6.08. The minimum absolute atomic E-state index is 0.0783. The van der Waals surface area contributed by atoms with E-state index in [1.165, 1.54) is 6.08 Å². The van der Waals surface area contributed by atoms with E-state index in [9.17, 15) is 14.7 Å². The molecular formula is C27H31N7O3. The molecule has 1 saturated heterocycles. The van der Waals surface area contributed by atoms with Crippen LogP contribution in [0.4, 0.5) is 34.5 Å². The third-order valence-corrected chi connectivity index (χ3v) is 6.08. The predicted molar refractivity (Wildman–Crippen MR) is 146 cm³/mol. The third kappa shape index (κ3) is 6.54. The minimum atomic E-state index is -0.290. The zero-order valence-corrected chi connectivity index (χ0v) is 21.0. The van der Waals surface area contributed by atoms with Crippen molar-refractivity contribution in [3.8, 4) is 5.75 Å². The number of phenolic OH excluding ortho intramolecular Hbond substituents is 1. The molecule has 0 radical (unpaired) electrons. The molecule has 10 heteroatoms. The number of carbonyl (C=O) groups excluding carboxylic acids is 2. The second kappa shape index (κ2) is 11.4. The van der Waals surface area contributed by atoms with Gasteiger partial charge in [0.05, 0.1) is 5.69 Å². The van der Waals surface area contributed by atoms with Gasteiger partial charge in [-0.05, 0) is 49.8 Å². The Morgan fingerprint density at radius 3 is 2.62 bits per heavy atom. The summed E-state index contributed by atoms with van der Waals surface area (Å²) >= 11 is 0. The SMILES string of the molecule is C=CC(=O)Nc1cccc(Nc2nc(Nc3ccc(N4CCCN(C(C)=O)CC4)cc3O)ncc2C)c1. The highest BCUT2D eigenvalue weighted by Crippen LogP contribution is 2.31. The van der Waals surface area contributed by atoms with Crippen LogP contribution in [0.5, 0.6) is 5.75 Å². The second-order valence-corrected chi connectivity index (χ2v) is 8.80. The molecule has 1 fully saturated rings. The van der Waals surface area contributed by atoms with Gasteiger partial charge in [0.15, 0.2) is 0 Å². The molecular weight excluding hydrogens is 470 g/mol. The largest absolute Gasteiger partial charge is 0.506 e. The standard InChI is InChI=1S/C27H31N7O3/c1-4-25(37)29-20-7-5-8-21(15-20)30-26-18(2)17-28-27(32-26)31-23-10-9-22(16-24(23)36)34-12-6-11-33(13-14-34)19(3)35/h4-5,7-10,15-17,36H,1,6,11-14H2,2-3H3,(H,29,37)(H2,28,30,31,32). The molecule has 1 aliphatic rings. The van der Waals surface area contributed by atoms with Gasteiger partial charge in [-0.15, -0.1) is 0 Å². The van der Waals surface area contributed by atoms with Crippen LogP contribution in [0.3, 0.4) is 0 Å². The highest BCUT2D eigenvalue weighted by molar-refractivity contribution is 5.99. The van der Waals surface area contributed by atoms with E-state index in [-0.39, 0.29) is 17.6 Å². The first-order valence-electron chi connectivity index (χ1n) is 12.1. The summed E-state index contributed by atoms with van der Waals surface area (Å²) in [6, 6.07) is 12.7. The van der Waals surface area contributed by atoms with E-state index < -0.39 is 0 Å². The quantitative estimate of drug-likeness (QED) is 0.281. The van der Waals surface area contributed by atoms with E-state index in [0.717, 1.165) is 36.4 Å². The van der Waals surface area contributed by atoms with Crippen molar-refractivity contribution >= 4 is 46.3 Å². The number of nitrogens with zero attached hydrogens (tertiary/aromatic N) is 4. The molecule has 2 aromatic carbocycles. The van der Waals surface area contributed by atoms with Gasteiger partial charge in [0.25, 0.3) is 0 Å². The average Bonchev–Trinajstić information content (AvgIpc) is 3.14. The first kappa shape index (κ1) is 25.5. The minimum Gasteiger partial charge on any atom is -0.506 e. The summed E-state index contributed by atoms with van der Waals surface area (Å²) in [5.74, 6) is 0.777. The van der Waals surface area contributed by atoms with Gasteiger partial charge >= 0.3 is 0 Å². The maximum absolute atomic E-state index is 11.7. The molecule has 1 aliphatic heterocycles. The van der Waals surface area contributed by atoms with Crippen LogP contribution in [0.25, 0.3) is 0 Å². The fourth-order valence-electron chi connectivity index (χ4n) is 4.07. The first-order chi connectivity index (χ1) is 17.8. The summed E-state index contributed by atoms with van der Waals surface area (Å²) in [5.41, 5.74) is 3.56. The zero-order valence-electron chi connectivity index (χ0n) is 21.0. The maximum atomic E-state index is 11.7. The number of nitrogens with one attached hydrogen (secondary N) is 3. The van der Waals surface area contributed by atoms with Crippen molar-refractivity contribution in [3.05, 3.63) is 66.9 Å². The van der Waals surface area contributed by atoms with Crippen molar-refractivity contribution in [1.29, 1.82) is 0 Å². The topological polar surface area (TPSA) is 123 Å². The van der Waals surface area contributed by atoms with E-state index in [1.807, 2.05) is 30.0 Å². The lowest BCUT2D eigenvalue weighted by Gasteiger charge is -2.24. The molecule has 0 bridgehead atoms. The van der Waals surface area contributed by atoms with E-state index in [1.54, 1.807) is 37.4 Å².